The zero-order valence-corrected chi connectivity index (χ0v) is 12.5. The lowest BCUT2D eigenvalue weighted by Gasteiger charge is -2.06. The Morgan fingerprint density at radius 3 is 2.48 bits per heavy atom. The van der Waals surface area contributed by atoms with Gasteiger partial charge in [0.15, 0.2) is 15.7 Å². The lowest BCUT2D eigenvalue weighted by molar-refractivity contribution is 0.597. The molecule has 1 aromatic heterocycles. The molecule has 0 atom stereocenters. The van der Waals surface area contributed by atoms with Crippen molar-refractivity contribution in [1.29, 1.82) is 0 Å². The van der Waals surface area contributed by atoms with Crippen molar-refractivity contribution in [3.05, 3.63) is 45.2 Å². The van der Waals surface area contributed by atoms with E-state index in [9.17, 15) is 17.2 Å². The third-order valence-electron chi connectivity index (χ3n) is 3.01. The summed E-state index contributed by atoms with van der Waals surface area (Å²) < 4.78 is 50.5. The summed E-state index contributed by atoms with van der Waals surface area (Å²) >= 11 is 11.4. The summed E-state index contributed by atoms with van der Waals surface area (Å²) in [5.41, 5.74) is 0.279. The molecule has 2 aromatic rings. The minimum atomic E-state index is -3.33. The van der Waals surface area contributed by atoms with Crippen molar-refractivity contribution < 1.29 is 17.2 Å². The Morgan fingerprint density at radius 2 is 1.76 bits per heavy atom. The molecule has 0 unspecified atom stereocenters. The topological polar surface area (TPSA) is 59.9 Å². The van der Waals surface area contributed by atoms with Crippen LogP contribution in [0.25, 0.3) is 11.4 Å². The van der Waals surface area contributed by atoms with Crippen molar-refractivity contribution in [2.24, 2.45) is 0 Å². The second-order valence-electron chi connectivity index (χ2n) is 4.54. The highest BCUT2D eigenvalue weighted by Crippen LogP contribution is 2.32. The molecule has 3 rings (SSSR count). The van der Waals surface area contributed by atoms with Crippen LogP contribution in [0.5, 0.6) is 0 Å². The number of sulfone groups is 1. The van der Waals surface area contributed by atoms with E-state index in [1.807, 2.05) is 0 Å². The van der Waals surface area contributed by atoms with Gasteiger partial charge < -0.3 is 0 Å². The van der Waals surface area contributed by atoms with Gasteiger partial charge in [-0.2, -0.15) is 0 Å². The van der Waals surface area contributed by atoms with Crippen molar-refractivity contribution in [2.75, 3.05) is 0 Å². The largest absolute Gasteiger partial charge is 0.231 e. The van der Waals surface area contributed by atoms with Gasteiger partial charge in [0.25, 0.3) is 0 Å². The van der Waals surface area contributed by atoms with Gasteiger partial charge in [-0.25, -0.2) is 27.2 Å². The first-order valence-electron chi connectivity index (χ1n) is 5.67. The first-order valence-corrected chi connectivity index (χ1v) is 8.25. The highest BCUT2D eigenvalue weighted by molar-refractivity contribution is 7.90. The van der Waals surface area contributed by atoms with Crippen LogP contribution in [0.4, 0.5) is 8.78 Å². The molecule has 1 aromatic carbocycles. The van der Waals surface area contributed by atoms with E-state index in [2.05, 4.69) is 9.97 Å². The normalized spacial score (nSPS) is 16.0. The Kier molecular flexibility index (Phi) is 3.38. The van der Waals surface area contributed by atoms with Gasteiger partial charge in [-0.05, 0) is 12.1 Å². The molecule has 21 heavy (non-hydrogen) atoms. The average Bonchev–Trinajstić information content (AvgIpc) is 2.68. The van der Waals surface area contributed by atoms with Gasteiger partial charge in [-0.1, -0.05) is 23.2 Å². The molecular weight excluding hydrogens is 345 g/mol. The van der Waals surface area contributed by atoms with Gasteiger partial charge >= 0.3 is 0 Å². The van der Waals surface area contributed by atoms with E-state index in [0.29, 0.717) is 5.56 Å². The molecule has 0 bridgehead atoms. The van der Waals surface area contributed by atoms with Crippen LogP contribution in [0.3, 0.4) is 0 Å². The first-order chi connectivity index (χ1) is 9.77. The number of benzene rings is 1. The van der Waals surface area contributed by atoms with Crippen LogP contribution < -0.4 is 0 Å². The fourth-order valence-corrected chi connectivity index (χ4v) is 4.04. The number of nitrogens with zero attached hydrogens (tertiary/aromatic N) is 2. The SMILES string of the molecule is O=S1(=O)Cc2nc(-c3cc(F)c(Cl)cc3F)nc(Cl)c2C1. The summed E-state index contributed by atoms with van der Waals surface area (Å²) in [4.78, 5) is 7.84. The first kappa shape index (κ1) is 14.6. The summed E-state index contributed by atoms with van der Waals surface area (Å²) in [7, 11) is -3.33. The van der Waals surface area contributed by atoms with Crippen LogP contribution in [0.2, 0.25) is 10.2 Å². The van der Waals surface area contributed by atoms with Gasteiger partial charge in [-0.15, -0.1) is 0 Å². The van der Waals surface area contributed by atoms with Gasteiger partial charge in [0, 0.05) is 5.56 Å². The van der Waals surface area contributed by atoms with Crippen LogP contribution in [0.15, 0.2) is 12.1 Å². The van der Waals surface area contributed by atoms with Crippen molar-refractivity contribution in [1.82, 2.24) is 9.97 Å². The Morgan fingerprint density at radius 1 is 1.05 bits per heavy atom. The zero-order chi connectivity index (χ0) is 15.4. The number of fused-ring (bicyclic) bond motifs is 1. The number of hydrogen-bond donors (Lipinski definition) is 0. The van der Waals surface area contributed by atoms with Gasteiger partial charge in [0.1, 0.15) is 16.8 Å². The van der Waals surface area contributed by atoms with E-state index in [0.717, 1.165) is 12.1 Å². The molecule has 110 valence electrons. The van der Waals surface area contributed by atoms with Crippen LogP contribution >= 0.6 is 23.2 Å². The lowest BCUT2D eigenvalue weighted by Crippen LogP contribution is -2.00. The monoisotopic (exact) mass is 350 g/mol. The number of halogens is 4. The second kappa shape index (κ2) is 4.86. The fourth-order valence-electron chi connectivity index (χ4n) is 2.06. The van der Waals surface area contributed by atoms with E-state index in [1.165, 1.54) is 0 Å². The van der Waals surface area contributed by atoms with Crippen LogP contribution in [0, 0.1) is 11.6 Å². The van der Waals surface area contributed by atoms with Crippen LogP contribution in [0.1, 0.15) is 11.3 Å². The Bertz CT molecular complexity index is 872. The molecule has 2 heterocycles. The van der Waals surface area contributed by atoms with E-state index in [1.54, 1.807) is 0 Å². The highest BCUT2D eigenvalue weighted by Gasteiger charge is 2.30. The maximum atomic E-state index is 13.9. The van der Waals surface area contributed by atoms with Crippen molar-refractivity contribution in [3.8, 4) is 11.4 Å². The molecule has 1 aliphatic rings. The van der Waals surface area contributed by atoms with Crippen molar-refractivity contribution in [3.63, 3.8) is 0 Å². The minimum absolute atomic E-state index is 0.0779. The molecule has 0 amide bonds. The Hall–Kier alpha value is -1.31. The van der Waals surface area contributed by atoms with Crippen LogP contribution in [-0.2, 0) is 21.3 Å². The van der Waals surface area contributed by atoms with Gasteiger partial charge in [0.05, 0.1) is 27.8 Å². The predicted octanol–water partition coefficient (Wildman–Crippen LogP) is 3.16. The third-order valence-corrected chi connectivity index (χ3v) is 5.06. The molecule has 0 saturated heterocycles. The molecule has 9 heteroatoms. The summed E-state index contributed by atoms with van der Waals surface area (Å²) in [5.74, 6) is -2.38. The molecule has 0 radical (unpaired) electrons. The van der Waals surface area contributed by atoms with Gasteiger partial charge in [-0.3, -0.25) is 0 Å². The third kappa shape index (κ3) is 2.61. The summed E-state index contributed by atoms with van der Waals surface area (Å²) in [6, 6.07) is 1.65. The number of hydrogen-bond acceptors (Lipinski definition) is 4. The minimum Gasteiger partial charge on any atom is -0.231 e. The summed E-state index contributed by atoms with van der Waals surface area (Å²) in [6.45, 7) is 0. The lowest BCUT2D eigenvalue weighted by atomic mass is 10.1. The maximum Gasteiger partial charge on any atom is 0.164 e. The van der Waals surface area contributed by atoms with Crippen molar-refractivity contribution in [2.45, 2.75) is 11.5 Å². The summed E-state index contributed by atoms with van der Waals surface area (Å²) in [5, 5.41) is -0.447. The van der Waals surface area contributed by atoms with Crippen LogP contribution in [-0.4, -0.2) is 18.4 Å². The molecule has 0 spiro atoms. The maximum absolute atomic E-state index is 13.9. The zero-order valence-electron chi connectivity index (χ0n) is 10.2. The molecule has 0 fully saturated rings. The number of rotatable bonds is 1. The Labute approximate surface area is 128 Å². The molecule has 0 saturated carbocycles. The Balaban J connectivity index is 2.19. The highest BCUT2D eigenvalue weighted by atomic mass is 35.5. The molecule has 4 nitrogen and oxygen atoms in total. The predicted molar refractivity (Wildman–Crippen MR) is 73.7 cm³/mol. The summed E-state index contributed by atoms with van der Waals surface area (Å²) in [6.07, 6.45) is 0. The van der Waals surface area contributed by atoms with Gasteiger partial charge in [0.2, 0.25) is 0 Å². The number of aromatic nitrogens is 2. The molecule has 1 aliphatic heterocycles. The van der Waals surface area contributed by atoms with E-state index >= 15 is 0 Å². The molecular formula is C12H6Cl2F2N2O2S. The quantitative estimate of drug-likeness (QED) is 0.585. The molecule has 0 aliphatic carbocycles. The average molecular weight is 351 g/mol. The van der Waals surface area contributed by atoms with Crippen molar-refractivity contribution >= 4 is 33.0 Å². The second-order valence-corrected chi connectivity index (χ2v) is 7.37. The molecule has 0 N–H and O–H groups in total. The van der Waals surface area contributed by atoms with E-state index < -0.39 is 21.5 Å². The smallest absolute Gasteiger partial charge is 0.164 e. The van der Waals surface area contributed by atoms with E-state index in [-0.39, 0.29) is 38.8 Å². The fraction of sp³-hybridized carbons (Fsp3) is 0.167. The standard InChI is InChI=1S/C12H6Cl2F2N2O2S/c13-7-2-8(15)5(1-9(7)16)12-17-10-4-21(19,20)3-6(10)11(14)18-12/h1-2H,3-4H2. The van der Waals surface area contributed by atoms with E-state index in [4.69, 9.17) is 23.2 Å².